The molecule has 20 heavy (non-hydrogen) atoms. The number of thiocarbonyl (C=S) groups is 1. The molecule has 108 valence electrons. The molecule has 0 radical (unpaired) electrons. The molecule has 4 heteroatoms. The van der Waals surface area contributed by atoms with Crippen molar-refractivity contribution in [2.45, 2.75) is 44.7 Å². The lowest BCUT2D eigenvalue weighted by Gasteiger charge is -2.39. The SMILES string of the molecule is S=C1SC[NH+](C2CCCCC2)CN1Cc1ccccc1. The van der Waals surface area contributed by atoms with Crippen LogP contribution in [0.4, 0.5) is 0 Å². The van der Waals surface area contributed by atoms with Crippen LogP contribution in [0.3, 0.4) is 0 Å². The summed E-state index contributed by atoms with van der Waals surface area (Å²) < 4.78 is 1.08. The molecule has 2 aliphatic rings. The van der Waals surface area contributed by atoms with Gasteiger partial charge in [0.15, 0.2) is 6.67 Å². The maximum Gasteiger partial charge on any atom is 0.155 e. The second kappa shape index (κ2) is 6.92. The van der Waals surface area contributed by atoms with E-state index in [-0.39, 0.29) is 0 Å². The van der Waals surface area contributed by atoms with Gasteiger partial charge in [-0.15, -0.1) is 0 Å². The third-order valence-electron chi connectivity index (χ3n) is 4.43. The Morgan fingerprint density at radius 1 is 1.15 bits per heavy atom. The lowest BCUT2D eigenvalue weighted by molar-refractivity contribution is -0.924. The van der Waals surface area contributed by atoms with Gasteiger partial charge in [0.05, 0.1) is 6.04 Å². The molecule has 0 aromatic heterocycles. The molecule has 1 aromatic rings. The Morgan fingerprint density at radius 3 is 2.65 bits per heavy atom. The lowest BCUT2D eigenvalue weighted by Crippen LogP contribution is -3.17. The number of hydrogen-bond donors (Lipinski definition) is 1. The largest absolute Gasteiger partial charge is 0.307 e. The number of thioether (sulfide) groups is 1. The fraction of sp³-hybridized carbons (Fsp3) is 0.562. The van der Waals surface area contributed by atoms with Crippen LogP contribution >= 0.6 is 24.0 Å². The third-order valence-corrected chi connectivity index (χ3v) is 6.06. The molecule has 1 N–H and O–H groups in total. The number of benzene rings is 1. The topological polar surface area (TPSA) is 7.68 Å². The van der Waals surface area contributed by atoms with E-state index in [0.717, 1.165) is 29.5 Å². The van der Waals surface area contributed by atoms with Crippen molar-refractivity contribution in [3.63, 3.8) is 0 Å². The Morgan fingerprint density at radius 2 is 1.90 bits per heavy atom. The molecule has 1 atom stereocenters. The van der Waals surface area contributed by atoms with Gasteiger partial charge in [0, 0.05) is 6.54 Å². The maximum absolute atomic E-state index is 5.56. The van der Waals surface area contributed by atoms with Crippen molar-refractivity contribution in [2.24, 2.45) is 0 Å². The van der Waals surface area contributed by atoms with E-state index in [2.05, 4.69) is 35.2 Å². The first-order chi connectivity index (χ1) is 9.83. The van der Waals surface area contributed by atoms with E-state index in [4.69, 9.17) is 12.2 Å². The summed E-state index contributed by atoms with van der Waals surface area (Å²) in [5, 5.41) is 0. The van der Waals surface area contributed by atoms with Crippen LogP contribution in [0.1, 0.15) is 37.7 Å². The Labute approximate surface area is 131 Å². The van der Waals surface area contributed by atoms with Crippen molar-refractivity contribution in [1.29, 1.82) is 0 Å². The van der Waals surface area contributed by atoms with E-state index in [1.54, 1.807) is 4.90 Å². The van der Waals surface area contributed by atoms with Crippen LogP contribution in [0.25, 0.3) is 0 Å². The van der Waals surface area contributed by atoms with E-state index in [9.17, 15) is 0 Å². The second-order valence-electron chi connectivity index (χ2n) is 5.89. The van der Waals surface area contributed by atoms with Gasteiger partial charge in [0.25, 0.3) is 0 Å². The van der Waals surface area contributed by atoms with Crippen molar-refractivity contribution in [2.75, 3.05) is 12.5 Å². The van der Waals surface area contributed by atoms with Crippen molar-refractivity contribution in [3.8, 4) is 0 Å². The number of quaternary nitrogens is 1. The minimum atomic E-state index is 0.859. The predicted molar refractivity (Wildman–Crippen MR) is 89.7 cm³/mol. The summed E-state index contributed by atoms with van der Waals surface area (Å²) in [7, 11) is 0. The van der Waals surface area contributed by atoms with Gasteiger partial charge >= 0.3 is 0 Å². The molecular weight excluding hydrogens is 284 g/mol. The van der Waals surface area contributed by atoms with Crippen molar-refractivity contribution in [3.05, 3.63) is 35.9 Å². The summed E-state index contributed by atoms with van der Waals surface area (Å²) in [4.78, 5) is 4.13. The number of nitrogens with zero attached hydrogens (tertiary/aromatic N) is 1. The highest BCUT2D eigenvalue weighted by molar-refractivity contribution is 8.22. The minimum absolute atomic E-state index is 0.859. The van der Waals surface area contributed by atoms with Crippen molar-refractivity contribution < 1.29 is 4.90 Å². The monoisotopic (exact) mass is 307 g/mol. The molecule has 2 fully saturated rings. The molecule has 1 aliphatic carbocycles. The number of rotatable bonds is 3. The molecule has 1 aliphatic heterocycles. The average molecular weight is 308 g/mol. The van der Waals surface area contributed by atoms with Crippen molar-refractivity contribution >= 4 is 28.3 Å². The van der Waals surface area contributed by atoms with Gasteiger partial charge in [0.1, 0.15) is 10.2 Å². The first-order valence-corrected chi connectivity index (χ1v) is 9.02. The van der Waals surface area contributed by atoms with E-state index in [1.165, 1.54) is 37.7 Å². The van der Waals surface area contributed by atoms with Gasteiger partial charge in [-0.25, -0.2) is 0 Å². The number of hydrogen-bond acceptors (Lipinski definition) is 2. The first kappa shape index (κ1) is 14.4. The fourth-order valence-corrected chi connectivity index (χ4v) is 4.54. The van der Waals surface area contributed by atoms with E-state index in [1.807, 2.05) is 11.8 Å². The van der Waals surface area contributed by atoms with Crippen LogP contribution in [0.15, 0.2) is 30.3 Å². The fourth-order valence-electron chi connectivity index (χ4n) is 3.28. The van der Waals surface area contributed by atoms with Crippen LogP contribution < -0.4 is 4.90 Å². The second-order valence-corrected chi connectivity index (χ2v) is 7.50. The molecule has 0 bridgehead atoms. The zero-order valence-electron chi connectivity index (χ0n) is 11.9. The lowest BCUT2D eigenvalue weighted by atomic mass is 9.95. The Kier molecular flexibility index (Phi) is 4.97. The Bertz CT molecular complexity index is 443. The molecule has 3 rings (SSSR count). The van der Waals surface area contributed by atoms with Crippen LogP contribution in [-0.2, 0) is 6.54 Å². The Balaban J connectivity index is 1.62. The Hall–Kier alpha value is -0.580. The summed E-state index contributed by atoms with van der Waals surface area (Å²) in [5.74, 6) is 1.16. The minimum Gasteiger partial charge on any atom is -0.307 e. The number of nitrogens with one attached hydrogen (secondary N) is 1. The van der Waals surface area contributed by atoms with Gasteiger partial charge < -0.3 is 9.80 Å². The molecule has 1 saturated heterocycles. The van der Waals surface area contributed by atoms with Crippen LogP contribution in [0, 0.1) is 0 Å². The van der Waals surface area contributed by atoms with E-state index >= 15 is 0 Å². The molecule has 2 nitrogen and oxygen atoms in total. The van der Waals surface area contributed by atoms with Gasteiger partial charge in [0.2, 0.25) is 0 Å². The third kappa shape index (κ3) is 3.54. The molecule has 1 unspecified atom stereocenters. The molecular formula is C16H23N2S2+. The quantitative estimate of drug-likeness (QED) is 0.859. The average Bonchev–Trinajstić information content (AvgIpc) is 2.51. The molecule has 1 saturated carbocycles. The van der Waals surface area contributed by atoms with Crippen LogP contribution in [0.5, 0.6) is 0 Å². The summed E-state index contributed by atoms with van der Waals surface area (Å²) in [6, 6.07) is 11.6. The van der Waals surface area contributed by atoms with Gasteiger partial charge in [-0.05, 0) is 43.0 Å². The van der Waals surface area contributed by atoms with Crippen molar-refractivity contribution in [1.82, 2.24) is 4.90 Å². The van der Waals surface area contributed by atoms with Gasteiger partial charge in [-0.1, -0.05) is 49.0 Å². The molecule has 1 heterocycles. The van der Waals surface area contributed by atoms with E-state index in [0.29, 0.717) is 0 Å². The van der Waals surface area contributed by atoms with Crippen LogP contribution in [0.2, 0.25) is 0 Å². The molecule has 1 aromatic carbocycles. The predicted octanol–water partition coefficient (Wildman–Crippen LogP) is 2.65. The summed E-state index contributed by atoms with van der Waals surface area (Å²) in [6.45, 7) is 2.05. The summed E-state index contributed by atoms with van der Waals surface area (Å²) in [6.07, 6.45) is 7.08. The normalized spacial score (nSPS) is 24.9. The maximum atomic E-state index is 5.56. The zero-order valence-corrected chi connectivity index (χ0v) is 13.5. The highest BCUT2D eigenvalue weighted by Gasteiger charge is 2.31. The highest BCUT2D eigenvalue weighted by atomic mass is 32.2. The summed E-state index contributed by atoms with van der Waals surface area (Å²) in [5.41, 5.74) is 1.36. The zero-order chi connectivity index (χ0) is 13.8. The first-order valence-electron chi connectivity index (χ1n) is 7.63. The van der Waals surface area contributed by atoms with Gasteiger partial charge in [-0.3, -0.25) is 0 Å². The van der Waals surface area contributed by atoms with Gasteiger partial charge in [-0.2, -0.15) is 0 Å². The van der Waals surface area contributed by atoms with Crippen LogP contribution in [-0.4, -0.2) is 27.8 Å². The molecule has 0 amide bonds. The summed E-state index contributed by atoms with van der Waals surface area (Å²) >= 11 is 7.42. The molecule has 0 spiro atoms. The van der Waals surface area contributed by atoms with E-state index < -0.39 is 0 Å². The standard InChI is InChI=1S/C16H22N2S2/c19-16-17(11-14-7-3-1-4-8-14)12-18(13-20-16)15-9-5-2-6-10-15/h1,3-4,7-8,15H,2,5-6,9-13H2/p+1. The highest BCUT2D eigenvalue weighted by Crippen LogP contribution is 2.19. The smallest absolute Gasteiger partial charge is 0.155 e.